The molecule has 1 saturated heterocycles. The van der Waals surface area contributed by atoms with E-state index in [0.29, 0.717) is 30.5 Å². The standard InChI is InChI=1S/C12H25N3O2S/c1-12(5-6-12)11(14-13)8-10-4-3-7-15(9-10)18(2,16)17/h10-11,14H,3-9,13H2,1-2H3. The monoisotopic (exact) mass is 275 g/mol. The maximum absolute atomic E-state index is 11.6. The van der Waals surface area contributed by atoms with E-state index in [0.717, 1.165) is 19.3 Å². The van der Waals surface area contributed by atoms with E-state index in [2.05, 4.69) is 12.3 Å². The van der Waals surface area contributed by atoms with E-state index in [1.54, 1.807) is 4.31 Å². The lowest BCUT2D eigenvalue weighted by Crippen LogP contribution is -2.46. The second kappa shape index (κ2) is 5.07. The lowest BCUT2D eigenvalue weighted by atomic mass is 9.86. The first-order valence-corrected chi connectivity index (χ1v) is 8.61. The van der Waals surface area contributed by atoms with E-state index in [-0.39, 0.29) is 0 Å². The number of rotatable bonds is 5. The van der Waals surface area contributed by atoms with Crippen molar-refractivity contribution >= 4 is 10.0 Å². The summed E-state index contributed by atoms with van der Waals surface area (Å²) in [5.41, 5.74) is 3.27. The number of piperidine rings is 1. The minimum atomic E-state index is -3.04. The molecule has 2 fully saturated rings. The highest BCUT2D eigenvalue weighted by atomic mass is 32.2. The van der Waals surface area contributed by atoms with Gasteiger partial charge in [-0.25, -0.2) is 12.7 Å². The van der Waals surface area contributed by atoms with E-state index >= 15 is 0 Å². The fourth-order valence-electron chi connectivity index (χ4n) is 2.95. The number of hydrogen-bond acceptors (Lipinski definition) is 4. The second-order valence-corrected chi connectivity index (χ2v) is 8.22. The van der Waals surface area contributed by atoms with Crippen LogP contribution in [-0.2, 0) is 10.0 Å². The highest BCUT2D eigenvalue weighted by Crippen LogP contribution is 2.49. The van der Waals surface area contributed by atoms with E-state index in [4.69, 9.17) is 5.84 Å². The first-order chi connectivity index (χ1) is 8.35. The maximum atomic E-state index is 11.6. The summed E-state index contributed by atoms with van der Waals surface area (Å²) >= 11 is 0. The Morgan fingerprint density at radius 2 is 2.17 bits per heavy atom. The molecule has 0 aromatic carbocycles. The predicted octanol–water partition coefficient (Wildman–Crippen LogP) is 0.680. The van der Waals surface area contributed by atoms with Crippen molar-refractivity contribution in [2.75, 3.05) is 19.3 Å². The molecule has 18 heavy (non-hydrogen) atoms. The zero-order valence-electron chi connectivity index (χ0n) is 11.4. The molecule has 1 saturated carbocycles. The van der Waals surface area contributed by atoms with Gasteiger partial charge in [-0.2, -0.15) is 0 Å². The van der Waals surface area contributed by atoms with Gasteiger partial charge in [-0.3, -0.25) is 11.3 Å². The quantitative estimate of drug-likeness (QED) is 0.571. The van der Waals surface area contributed by atoms with Gasteiger partial charge in [-0.1, -0.05) is 6.92 Å². The molecule has 6 heteroatoms. The molecule has 0 bridgehead atoms. The number of nitrogens with one attached hydrogen (secondary N) is 1. The molecule has 5 nitrogen and oxygen atoms in total. The number of nitrogens with two attached hydrogens (primary N) is 1. The summed E-state index contributed by atoms with van der Waals surface area (Å²) in [6.45, 7) is 3.59. The molecule has 0 spiro atoms. The van der Waals surface area contributed by atoms with Gasteiger partial charge in [0.15, 0.2) is 0 Å². The van der Waals surface area contributed by atoms with Crippen LogP contribution in [0.4, 0.5) is 0 Å². The predicted molar refractivity (Wildman–Crippen MR) is 72.2 cm³/mol. The van der Waals surface area contributed by atoms with Crippen LogP contribution >= 0.6 is 0 Å². The number of hydrazine groups is 1. The van der Waals surface area contributed by atoms with Crippen LogP contribution in [0.15, 0.2) is 0 Å². The Kier molecular flexibility index (Phi) is 4.02. The lowest BCUT2D eigenvalue weighted by Gasteiger charge is -2.34. The van der Waals surface area contributed by atoms with Crippen molar-refractivity contribution in [3.63, 3.8) is 0 Å². The molecule has 1 heterocycles. The van der Waals surface area contributed by atoms with Gasteiger partial charge in [0.2, 0.25) is 10.0 Å². The van der Waals surface area contributed by atoms with Crippen molar-refractivity contribution in [3.8, 4) is 0 Å². The number of sulfonamides is 1. The summed E-state index contributed by atoms with van der Waals surface area (Å²) in [5.74, 6) is 6.09. The van der Waals surface area contributed by atoms with Gasteiger partial charge >= 0.3 is 0 Å². The summed E-state index contributed by atoms with van der Waals surface area (Å²) < 4.78 is 24.8. The van der Waals surface area contributed by atoms with Crippen molar-refractivity contribution in [1.29, 1.82) is 0 Å². The Bertz CT molecular complexity index is 392. The molecule has 2 atom stereocenters. The van der Waals surface area contributed by atoms with Crippen LogP contribution in [0.5, 0.6) is 0 Å². The molecule has 2 unspecified atom stereocenters. The Morgan fingerprint density at radius 3 is 2.67 bits per heavy atom. The first kappa shape index (κ1) is 14.2. The second-order valence-electron chi connectivity index (χ2n) is 6.24. The summed E-state index contributed by atoms with van der Waals surface area (Å²) in [7, 11) is -3.04. The van der Waals surface area contributed by atoms with E-state index in [1.807, 2.05) is 0 Å². The Balaban J connectivity index is 1.93. The van der Waals surface area contributed by atoms with Crippen molar-refractivity contribution < 1.29 is 8.42 Å². The van der Waals surface area contributed by atoms with Gasteiger partial charge in [0, 0.05) is 19.1 Å². The zero-order valence-corrected chi connectivity index (χ0v) is 12.2. The molecule has 3 N–H and O–H groups in total. The first-order valence-electron chi connectivity index (χ1n) is 6.76. The summed E-state index contributed by atoms with van der Waals surface area (Å²) in [5, 5.41) is 0. The van der Waals surface area contributed by atoms with Crippen LogP contribution in [0.2, 0.25) is 0 Å². The molecule has 0 aromatic rings. The molecule has 1 aliphatic carbocycles. The maximum Gasteiger partial charge on any atom is 0.211 e. The summed E-state index contributed by atoms with van der Waals surface area (Å²) in [6, 6.07) is 0.321. The average molecular weight is 275 g/mol. The zero-order chi connectivity index (χ0) is 13.4. The Labute approximate surface area is 110 Å². The summed E-state index contributed by atoms with van der Waals surface area (Å²) in [6.07, 6.45) is 6.82. The molecule has 0 aromatic heterocycles. The fraction of sp³-hybridized carbons (Fsp3) is 1.00. The Hall–Kier alpha value is -0.170. The van der Waals surface area contributed by atoms with Crippen LogP contribution in [0.3, 0.4) is 0 Å². The largest absolute Gasteiger partial charge is 0.271 e. The molecular weight excluding hydrogens is 250 g/mol. The molecule has 0 amide bonds. The summed E-state index contributed by atoms with van der Waals surface area (Å²) in [4.78, 5) is 0. The van der Waals surface area contributed by atoms with Gasteiger partial charge in [0.1, 0.15) is 0 Å². The fourth-order valence-corrected chi connectivity index (χ4v) is 3.90. The Morgan fingerprint density at radius 1 is 1.50 bits per heavy atom. The van der Waals surface area contributed by atoms with E-state index < -0.39 is 10.0 Å². The molecule has 0 radical (unpaired) electrons. The molecule has 2 aliphatic rings. The van der Waals surface area contributed by atoms with Crippen molar-refractivity contribution in [3.05, 3.63) is 0 Å². The minimum Gasteiger partial charge on any atom is -0.271 e. The van der Waals surface area contributed by atoms with Crippen molar-refractivity contribution in [2.24, 2.45) is 17.2 Å². The van der Waals surface area contributed by atoms with Crippen LogP contribution in [0, 0.1) is 11.3 Å². The molecule has 106 valence electrons. The number of nitrogens with zero attached hydrogens (tertiary/aromatic N) is 1. The lowest BCUT2D eigenvalue weighted by molar-refractivity contribution is 0.212. The normalized spacial score (nSPS) is 30.1. The van der Waals surface area contributed by atoms with Crippen molar-refractivity contribution in [1.82, 2.24) is 9.73 Å². The van der Waals surface area contributed by atoms with Crippen LogP contribution < -0.4 is 11.3 Å². The van der Waals surface area contributed by atoms with Gasteiger partial charge < -0.3 is 0 Å². The molecular formula is C12H25N3O2S. The van der Waals surface area contributed by atoms with Gasteiger partial charge in [0.05, 0.1) is 6.26 Å². The highest BCUT2D eigenvalue weighted by Gasteiger charge is 2.45. The highest BCUT2D eigenvalue weighted by molar-refractivity contribution is 7.88. The SMILES string of the molecule is CC1(C(CC2CCCN(S(C)(=O)=O)C2)NN)CC1. The number of hydrogen-bond donors (Lipinski definition) is 2. The topological polar surface area (TPSA) is 75.4 Å². The molecule has 1 aliphatic heterocycles. The third-order valence-electron chi connectivity index (χ3n) is 4.60. The van der Waals surface area contributed by atoms with Crippen LogP contribution in [0.25, 0.3) is 0 Å². The smallest absolute Gasteiger partial charge is 0.211 e. The minimum absolute atomic E-state index is 0.321. The van der Waals surface area contributed by atoms with E-state index in [1.165, 1.54) is 19.1 Å². The third kappa shape index (κ3) is 3.23. The van der Waals surface area contributed by atoms with Gasteiger partial charge in [-0.05, 0) is 43.4 Å². The van der Waals surface area contributed by atoms with E-state index in [9.17, 15) is 8.42 Å². The van der Waals surface area contributed by atoms with Crippen molar-refractivity contribution in [2.45, 2.75) is 45.1 Å². The van der Waals surface area contributed by atoms with Gasteiger partial charge in [-0.15, -0.1) is 0 Å². The van der Waals surface area contributed by atoms with Crippen LogP contribution in [-0.4, -0.2) is 38.1 Å². The third-order valence-corrected chi connectivity index (χ3v) is 5.87. The molecule has 2 rings (SSSR count). The van der Waals surface area contributed by atoms with Gasteiger partial charge in [0.25, 0.3) is 0 Å². The average Bonchev–Trinajstić information content (AvgIpc) is 3.04. The van der Waals surface area contributed by atoms with Crippen LogP contribution in [0.1, 0.15) is 39.0 Å².